The van der Waals surface area contributed by atoms with Crippen molar-refractivity contribution >= 4 is 28.3 Å². The predicted octanol–water partition coefficient (Wildman–Crippen LogP) is 0.721. The Kier molecular flexibility index (Phi) is 4.49. The van der Waals surface area contributed by atoms with E-state index in [4.69, 9.17) is 0 Å². The number of thiazole rings is 1. The number of anilines is 1. The summed E-state index contributed by atoms with van der Waals surface area (Å²) in [6, 6.07) is -0.610. The van der Waals surface area contributed by atoms with Gasteiger partial charge in [0.2, 0.25) is 11.8 Å². The van der Waals surface area contributed by atoms with Crippen molar-refractivity contribution in [2.45, 2.75) is 32.2 Å². The first-order chi connectivity index (χ1) is 9.10. The summed E-state index contributed by atoms with van der Waals surface area (Å²) in [5, 5.41) is 5.90. The van der Waals surface area contributed by atoms with E-state index >= 15 is 0 Å². The lowest BCUT2D eigenvalue weighted by molar-refractivity contribution is -0.128. The topological polar surface area (TPSA) is 80.3 Å². The van der Waals surface area contributed by atoms with Crippen LogP contribution < -0.4 is 10.6 Å². The first-order valence-electron chi connectivity index (χ1n) is 6.18. The second kappa shape index (κ2) is 6.12. The average Bonchev–Trinajstić information content (AvgIpc) is 2.89. The maximum absolute atomic E-state index is 11.9. The van der Waals surface area contributed by atoms with Crippen molar-refractivity contribution in [1.82, 2.24) is 10.3 Å². The molecule has 7 heteroatoms. The minimum absolute atomic E-state index is 0.0524. The summed E-state index contributed by atoms with van der Waals surface area (Å²) in [6.45, 7) is 1.58. The number of aryl methyl sites for hydroxylation is 2. The fraction of sp³-hybridized carbons (Fsp3) is 0.583. The van der Waals surface area contributed by atoms with E-state index in [0.717, 1.165) is 25.0 Å². The van der Waals surface area contributed by atoms with E-state index in [1.165, 1.54) is 23.3 Å². The van der Waals surface area contributed by atoms with Gasteiger partial charge < -0.3 is 15.4 Å². The largest absolute Gasteiger partial charge is 0.375 e. The van der Waals surface area contributed by atoms with Gasteiger partial charge >= 0.3 is 0 Å². The van der Waals surface area contributed by atoms with Gasteiger partial charge in [-0.1, -0.05) is 0 Å². The minimum Gasteiger partial charge on any atom is -0.375 e. The second-order valence-electron chi connectivity index (χ2n) is 4.45. The number of nitrogens with zero attached hydrogens (tertiary/aromatic N) is 1. The summed E-state index contributed by atoms with van der Waals surface area (Å²) in [4.78, 5) is 28.8. The minimum atomic E-state index is -0.610. The van der Waals surface area contributed by atoms with Crippen LogP contribution in [-0.4, -0.2) is 36.6 Å². The number of amides is 2. The first kappa shape index (κ1) is 14.0. The summed E-state index contributed by atoms with van der Waals surface area (Å²) in [5.74, 6) is -0.580. The number of methoxy groups -OCH3 is 1. The van der Waals surface area contributed by atoms with E-state index in [9.17, 15) is 9.59 Å². The third kappa shape index (κ3) is 3.51. The molecule has 6 nitrogen and oxygen atoms in total. The number of ether oxygens (including phenoxy) is 1. The van der Waals surface area contributed by atoms with Crippen LogP contribution in [0.1, 0.15) is 23.9 Å². The zero-order valence-corrected chi connectivity index (χ0v) is 11.8. The molecule has 2 rings (SSSR count). The Morgan fingerprint density at radius 2 is 2.26 bits per heavy atom. The van der Waals surface area contributed by atoms with Gasteiger partial charge in [-0.2, -0.15) is 0 Å². The number of aromatic nitrogens is 1. The van der Waals surface area contributed by atoms with E-state index in [2.05, 4.69) is 20.4 Å². The molecule has 0 spiro atoms. The fourth-order valence-corrected chi connectivity index (χ4v) is 2.99. The van der Waals surface area contributed by atoms with Crippen LogP contribution in [0.5, 0.6) is 0 Å². The maximum Gasteiger partial charge on any atom is 0.248 e. The van der Waals surface area contributed by atoms with Gasteiger partial charge in [0.25, 0.3) is 0 Å². The normalized spacial score (nSPS) is 14.8. The van der Waals surface area contributed by atoms with Crippen molar-refractivity contribution in [3.63, 3.8) is 0 Å². The van der Waals surface area contributed by atoms with Crippen molar-refractivity contribution in [2.75, 3.05) is 19.0 Å². The Hall–Kier alpha value is -1.47. The van der Waals surface area contributed by atoms with Gasteiger partial charge in [-0.25, -0.2) is 4.98 Å². The Bertz CT molecular complexity index is 465. The van der Waals surface area contributed by atoms with Crippen molar-refractivity contribution in [2.24, 2.45) is 0 Å². The molecular formula is C12H17N3O3S. The van der Waals surface area contributed by atoms with Crippen LogP contribution in [0, 0.1) is 0 Å². The number of carbonyl (C=O) groups is 2. The van der Waals surface area contributed by atoms with Crippen LogP contribution in [0.3, 0.4) is 0 Å². The van der Waals surface area contributed by atoms with E-state index < -0.39 is 6.04 Å². The summed E-state index contributed by atoms with van der Waals surface area (Å²) in [5.41, 5.74) is 1.09. The van der Waals surface area contributed by atoms with Gasteiger partial charge in [-0.05, 0) is 26.2 Å². The maximum atomic E-state index is 11.9. The average molecular weight is 283 g/mol. The molecule has 1 aliphatic carbocycles. The Labute approximate surface area is 115 Å². The molecule has 2 N–H and O–H groups in total. The number of fused-ring (bicyclic) bond motifs is 1. The van der Waals surface area contributed by atoms with E-state index in [0.29, 0.717) is 5.13 Å². The molecule has 1 aromatic heterocycles. The molecule has 1 aromatic rings. The molecule has 1 aliphatic rings. The van der Waals surface area contributed by atoms with Crippen molar-refractivity contribution in [3.05, 3.63) is 10.6 Å². The summed E-state index contributed by atoms with van der Waals surface area (Å²) in [7, 11) is 1.43. The number of carbonyl (C=O) groups excluding carboxylic acids is 2. The Morgan fingerprint density at radius 3 is 2.95 bits per heavy atom. The van der Waals surface area contributed by atoms with Crippen LogP contribution in [0.25, 0.3) is 0 Å². The third-order valence-electron chi connectivity index (χ3n) is 2.87. The number of hydrogen-bond donors (Lipinski definition) is 2. The van der Waals surface area contributed by atoms with Gasteiger partial charge in [0.05, 0.1) is 5.69 Å². The molecule has 0 aromatic carbocycles. The van der Waals surface area contributed by atoms with Crippen LogP contribution in [-0.2, 0) is 27.2 Å². The van der Waals surface area contributed by atoms with Gasteiger partial charge in [-0.15, -0.1) is 11.3 Å². The first-order valence-corrected chi connectivity index (χ1v) is 6.99. The molecule has 104 valence electrons. The summed E-state index contributed by atoms with van der Waals surface area (Å²) in [6.07, 6.45) is 3.18. The lowest BCUT2D eigenvalue weighted by Gasteiger charge is -2.12. The summed E-state index contributed by atoms with van der Waals surface area (Å²) >= 11 is 1.52. The smallest absolute Gasteiger partial charge is 0.248 e. The number of hydrogen-bond acceptors (Lipinski definition) is 5. The van der Waals surface area contributed by atoms with Crippen LogP contribution >= 0.6 is 11.3 Å². The van der Waals surface area contributed by atoms with Crippen LogP contribution in [0.15, 0.2) is 0 Å². The predicted molar refractivity (Wildman–Crippen MR) is 72.2 cm³/mol. The number of rotatable bonds is 5. The second-order valence-corrected chi connectivity index (χ2v) is 5.54. The third-order valence-corrected chi connectivity index (χ3v) is 3.94. The Morgan fingerprint density at radius 1 is 1.47 bits per heavy atom. The molecule has 19 heavy (non-hydrogen) atoms. The van der Waals surface area contributed by atoms with E-state index in [-0.39, 0.29) is 18.4 Å². The van der Waals surface area contributed by atoms with E-state index in [1.807, 2.05) is 0 Å². The fourth-order valence-electron chi connectivity index (χ4n) is 1.94. The lowest BCUT2D eigenvalue weighted by atomic mass is 10.3. The quantitative estimate of drug-likeness (QED) is 0.834. The highest BCUT2D eigenvalue weighted by atomic mass is 32.1. The molecule has 0 unspecified atom stereocenters. The SMILES string of the molecule is COCC(=O)N[C@@H](C)C(=O)Nc1nc2c(s1)CCC2. The summed E-state index contributed by atoms with van der Waals surface area (Å²) < 4.78 is 4.69. The van der Waals surface area contributed by atoms with Crippen molar-refractivity contribution in [1.29, 1.82) is 0 Å². The highest BCUT2D eigenvalue weighted by Crippen LogP contribution is 2.30. The molecule has 0 aliphatic heterocycles. The highest BCUT2D eigenvalue weighted by Gasteiger charge is 2.20. The highest BCUT2D eigenvalue weighted by molar-refractivity contribution is 7.15. The zero-order valence-electron chi connectivity index (χ0n) is 11.0. The Balaban J connectivity index is 1.87. The van der Waals surface area contributed by atoms with Gasteiger partial charge in [0.15, 0.2) is 5.13 Å². The standard InChI is InChI=1S/C12H17N3O3S/c1-7(13-10(16)6-18-2)11(17)15-12-14-8-4-3-5-9(8)19-12/h7H,3-6H2,1-2H3,(H,13,16)(H,14,15,17)/t7-/m0/s1. The van der Waals surface area contributed by atoms with Crippen LogP contribution in [0.4, 0.5) is 5.13 Å². The molecule has 0 saturated heterocycles. The molecule has 2 amide bonds. The van der Waals surface area contributed by atoms with Crippen LogP contribution in [0.2, 0.25) is 0 Å². The number of nitrogens with one attached hydrogen (secondary N) is 2. The lowest BCUT2D eigenvalue weighted by Crippen LogP contribution is -2.43. The van der Waals surface area contributed by atoms with Gasteiger partial charge in [0, 0.05) is 12.0 Å². The molecule has 0 fully saturated rings. The molecular weight excluding hydrogens is 266 g/mol. The van der Waals surface area contributed by atoms with Crippen molar-refractivity contribution in [3.8, 4) is 0 Å². The molecule has 0 saturated carbocycles. The molecule has 1 heterocycles. The monoisotopic (exact) mass is 283 g/mol. The van der Waals surface area contributed by atoms with Crippen molar-refractivity contribution < 1.29 is 14.3 Å². The molecule has 0 radical (unpaired) electrons. The van der Waals surface area contributed by atoms with Gasteiger partial charge in [-0.3, -0.25) is 9.59 Å². The van der Waals surface area contributed by atoms with Gasteiger partial charge in [0.1, 0.15) is 12.6 Å². The van der Waals surface area contributed by atoms with E-state index in [1.54, 1.807) is 6.92 Å². The molecule has 0 bridgehead atoms. The zero-order chi connectivity index (χ0) is 13.8. The molecule has 1 atom stereocenters.